The van der Waals surface area contributed by atoms with Gasteiger partial charge >= 0.3 is 37.7 Å². The molecule has 0 bridgehead atoms. The maximum atomic E-state index is 2.31. The topological polar surface area (TPSA) is 0 Å². The molecular formula is C9H14Li2. The predicted molar refractivity (Wildman–Crippen MR) is 41.5 cm³/mol. The summed E-state index contributed by atoms with van der Waals surface area (Å²) in [6, 6.07) is 0. The Morgan fingerprint density at radius 3 is 2.55 bits per heavy atom. The summed E-state index contributed by atoms with van der Waals surface area (Å²) in [4.78, 5) is 0. The van der Waals surface area contributed by atoms with Crippen LogP contribution in [0.4, 0.5) is 0 Å². The summed E-state index contributed by atoms with van der Waals surface area (Å²) in [6.45, 7) is 0. The first-order valence-corrected chi connectivity index (χ1v) is 3.84. The molecule has 0 unspecified atom stereocenters. The minimum absolute atomic E-state index is 0. The Kier molecular flexibility index (Phi) is 5.67. The van der Waals surface area contributed by atoms with Crippen LogP contribution < -0.4 is 37.7 Å². The molecule has 0 saturated carbocycles. The average Bonchev–Trinajstić information content (AvgIpc) is 2.33. The zero-order chi connectivity index (χ0) is 6.10. The second-order valence-corrected chi connectivity index (χ2v) is 2.94. The monoisotopic (exact) mass is 136 g/mol. The molecule has 0 radical (unpaired) electrons. The molecule has 0 aromatic heterocycles. The van der Waals surface area contributed by atoms with Gasteiger partial charge in [0.2, 0.25) is 0 Å². The molecule has 52 valence electrons. The summed E-state index contributed by atoms with van der Waals surface area (Å²) in [6.07, 6.45) is 11.5. The Bertz CT molecular complexity index is 188. The molecule has 0 aromatic carbocycles. The quantitative estimate of drug-likeness (QED) is 0.312. The fourth-order valence-corrected chi connectivity index (χ4v) is 1.77. The first kappa shape index (κ1) is 11.7. The van der Waals surface area contributed by atoms with Crippen molar-refractivity contribution in [1.82, 2.24) is 0 Å². The van der Waals surface area contributed by atoms with Crippen LogP contribution in [0.2, 0.25) is 0 Å². The minimum atomic E-state index is 0. The largest absolute Gasteiger partial charge is 1.00 e. The molecule has 2 rings (SSSR count). The molecule has 0 N–H and O–H groups in total. The van der Waals surface area contributed by atoms with E-state index in [1.165, 1.54) is 32.1 Å². The first-order valence-electron chi connectivity index (χ1n) is 3.84. The Labute approximate surface area is 95.8 Å². The summed E-state index contributed by atoms with van der Waals surface area (Å²) in [5, 5.41) is 0. The van der Waals surface area contributed by atoms with E-state index in [0.29, 0.717) is 0 Å². The van der Waals surface area contributed by atoms with Gasteiger partial charge in [0, 0.05) is 0 Å². The summed E-state index contributed by atoms with van der Waals surface area (Å²) in [7, 11) is 0. The molecule has 0 fully saturated rings. The molecule has 0 nitrogen and oxygen atoms in total. The molecule has 2 aliphatic rings. The maximum absolute atomic E-state index is 2.31. The van der Waals surface area contributed by atoms with Crippen molar-refractivity contribution in [2.75, 3.05) is 0 Å². The van der Waals surface area contributed by atoms with Crippen molar-refractivity contribution in [3.63, 3.8) is 0 Å². The number of allylic oxidation sites excluding steroid dienone is 4. The van der Waals surface area contributed by atoms with E-state index in [1.807, 2.05) is 0 Å². The maximum Gasteiger partial charge on any atom is 1.00 e. The average molecular weight is 136 g/mol. The SMILES string of the molecule is C1=CC2=C(C1)CCCC2.[H-].[H-].[Li+].[Li+]. The van der Waals surface area contributed by atoms with Crippen molar-refractivity contribution in [3.8, 4) is 0 Å². The first-order chi connectivity index (χ1) is 4.47. The van der Waals surface area contributed by atoms with Gasteiger partial charge < -0.3 is 2.85 Å². The molecule has 0 saturated heterocycles. The molecule has 2 aliphatic carbocycles. The van der Waals surface area contributed by atoms with Gasteiger partial charge in [-0.1, -0.05) is 17.7 Å². The second kappa shape index (κ2) is 5.34. The number of rotatable bonds is 0. The van der Waals surface area contributed by atoms with Crippen LogP contribution in [0.3, 0.4) is 0 Å². The van der Waals surface area contributed by atoms with Crippen molar-refractivity contribution in [2.45, 2.75) is 32.1 Å². The van der Waals surface area contributed by atoms with Crippen molar-refractivity contribution in [2.24, 2.45) is 0 Å². The van der Waals surface area contributed by atoms with E-state index in [9.17, 15) is 0 Å². The summed E-state index contributed by atoms with van der Waals surface area (Å²) in [5.74, 6) is 0. The Morgan fingerprint density at radius 2 is 1.82 bits per heavy atom. The van der Waals surface area contributed by atoms with E-state index in [2.05, 4.69) is 12.2 Å². The van der Waals surface area contributed by atoms with E-state index in [0.717, 1.165) is 0 Å². The van der Waals surface area contributed by atoms with Gasteiger partial charge in [0.25, 0.3) is 0 Å². The Hall–Kier alpha value is 0.675. The fourth-order valence-electron chi connectivity index (χ4n) is 1.77. The molecule has 0 atom stereocenters. The van der Waals surface area contributed by atoms with E-state index in [4.69, 9.17) is 0 Å². The third-order valence-electron chi connectivity index (χ3n) is 2.31. The van der Waals surface area contributed by atoms with Gasteiger partial charge in [-0.05, 0) is 37.7 Å². The van der Waals surface area contributed by atoms with Gasteiger partial charge in [-0.3, -0.25) is 0 Å². The van der Waals surface area contributed by atoms with Gasteiger partial charge in [-0.2, -0.15) is 0 Å². The number of hydrogen-bond acceptors (Lipinski definition) is 0. The normalized spacial score (nSPS) is 20.4. The van der Waals surface area contributed by atoms with Gasteiger partial charge in [-0.25, -0.2) is 0 Å². The zero-order valence-corrected chi connectivity index (χ0v) is 7.69. The van der Waals surface area contributed by atoms with Gasteiger partial charge in [-0.15, -0.1) is 0 Å². The molecule has 0 heterocycles. The van der Waals surface area contributed by atoms with Crippen LogP contribution in [0.5, 0.6) is 0 Å². The number of hydrogen-bond donors (Lipinski definition) is 0. The van der Waals surface area contributed by atoms with E-state index in [-0.39, 0.29) is 40.6 Å². The van der Waals surface area contributed by atoms with Crippen LogP contribution in [0.15, 0.2) is 23.3 Å². The van der Waals surface area contributed by atoms with Gasteiger partial charge in [0.05, 0.1) is 0 Å². The zero-order valence-electron chi connectivity index (χ0n) is 9.69. The van der Waals surface area contributed by atoms with E-state index in [1.54, 1.807) is 11.1 Å². The minimum Gasteiger partial charge on any atom is -1.00 e. The van der Waals surface area contributed by atoms with Crippen LogP contribution in [-0.2, 0) is 0 Å². The van der Waals surface area contributed by atoms with Crippen LogP contribution in [0, 0.1) is 0 Å². The second-order valence-electron chi connectivity index (χ2n) is 2.94. The van der Waals surface area contributed by atoms with Crippen LogP contribution >= 0.6 is 0 Å². The summed E-state index contributed by atoms with van der Waals surface area (Å²) >= 11 is 0. The van der Waals surface area contributed by atoms with Gasteiger partial charge in [0.15, 0.2) is 0 Å². The molecule has 11 heavy (non-hydrogen) atoms. The third kappa shape index (κ3) is 2.57. The van der Waals surface area contributed by atoms with Crippen molar-refractivity contribution >= 4 is 0 Å². The molecule has 0 aromatic rings. The van der Waals surface area contributed by atoms with E-state index < -0.39 is 0 Å². The smallest absolute Gasteiger partial charge is 1.00 e. The molecule has 0 amide bonds. The van der Waals surface area contributed by atoms with Crippen molar-refractivity contribution in [3.05, 3.63) is 23.3 Å². The van der Waals surface area contributed by atoms with Crippen LogP contribution in [0.1, 0.15) is 35.0 Å². The molecule has 2 heteroatoms. The van der Waals surface area contributed by atoms with Crippen LogP contribution in [-0.4, -0.2) is 0 Å². The van der Waals surface area contributed by atoms with Crippen LogP contribution in [0.25, 0.3) is 0 Å². The molecule has 0 spiro atoms. The fraction of sp³-hybridized carbons (Fsp3) is 0.556. The molecule has 0 aliphatic heterocycles. The Balaban J connectivity index is -0.000000250. The third-order valence-corrected chi connectivity index (χ3v) is 2.31. The van der Waals surface area contributed by atoms with Crippen molar-refractivity contribution in [1.29, 1.82) is 0 Å². The standard InChI is InChI=1S/C9H12.2Li.2H/c1-2-5-9-7-3-6-8(9)4-1;;;;/h3,6H,1-2,4-5,7H2;;;;/q;2*+1;2*-1. The van der Waals surface area contributed by atoms with Crippen molar-refractivity contribution < 1.29 is 40.6 Å². The predicted octanol–water partition coefficient (Wildman–Crippen LogP) is -2.95. The van der Waals surface area contributed by atoms with E-state index >= 15 is 0 Å². The summed E-state index contributed by atoms with van der Waals surface area (Å²) in [5.41, 5.74) is 3.38. The Morgan fingerprint density at radius 1 is 1.09 bits per heavy atom. The molecular weight excluding hydrogens is 122 g/mol. The summed E-state index contributed by atoms with van der Waals surface area (Å²) < 4.78 is 0. The van der Waals surface area contributed by atoms with Gasteiger partial charge in [0.1, 0.15) is 0 Å².